The molecule has 1 aliphatic rings. The molecule has 0 saturated carbocycles. The Morgan fingerprint density at radius 2 is 2.08 bits per heavy atom. The number of aldehydes is 1. The van der Waals surface area contributed by atoms with Gasteiger partial charge in [-0.3, -0.25) is 4.79 Å². The fraction of sp³-hybridized carbons (Fsp3) is 0.263. The molecule has 0 aromatic heterocycles. The maximum atomic E-state index is 12.0. The zero-order chi connectivity index (χ0) is 17.8. The number of fused-ring (bicyclic) bond motifs is 1. The average molecular weight is 342 g/mol. The van der Waals surface area contributed by atoms with Crippen LogP contribution in [0.15, 0.2) is 36.4 Å². The van der Waals surface area contributed by atoms with E-state index in [1.165, 1.54) is 13.2 Å². The van der Waals surface area contributed by atoms with Crippen molar-refractivity contribution >= 4 is 12.3 Å². The highest BCUT2D eigenvalue weighted by Crippen LogP contribution is 2.37. The second-order valence-corrected chi connectivity index (χ2v) is 5.61. The highest BCUT2D eigenvalue weighted by atomic mass is 16.6. The number of cyclic esters (lactones) is 1. The van der Waals surface area contributed by atoms with Gasteiger partial charge in [0.1, 0.15) is 0 Å². The van der Waals surface area contributed by atoms with Gasteiger partial charge in [0.15, 0.2) is 17.8 Å². The van der Waals surface area contributed by atoms with Crippen molar-refractivity contribution in [3.63, 3.8) is 0 Å². The van der Waals surface area contributed by atoms with Gasteiger partial charge in [-0.1, -0.05) is 30.3 Å². The van der Waals surface area contributed by atoms with E-state index in [9.17, 15) is 14.7 Å². The largest absolute Gasteiger partial charge is 0.492 e. The van der Waals surface area contributed by atoms with Crippen molar-refractivity contribution < 1.29 is 28.9 Å². The number of rotatable bonds is 6. The highest BCUT2D eigenvalue weighted by Gasteiger charge is 2.31. The SMILES string of the molecule is COc1c(OCCc2ccccc2)cc2c(c1C=O)CC(O)OC2=O. The molecule has 2 aromatic rings. The van der Waals surface area contributed by atoms with Crippen LogP contribution >= 0.6 is 0 Å². The molecule has 0 amide bonds. The summed E-state index contributed by atoms with van der Waals surface area (Å²) in [4.78, 5) is 23.6. The number of aliphatic hydroxyl groups is 1. The van der Waals surface area contributed by atoms with Crippen molar-refractivity contribution in [2.75, 3.05) is 13.7 Å². The predicted molar refractivity (Wildman–Crippen MR) is 89.1 cm³/mol. The molecular weight excluding hydrogens is 324 g/mol. The molecule has 0 spiro atoms. The van der Waals surface area contributed by atoms with E-state index in [0.717, 1.165) is 5.56 Å². The van der Waals surface area contributed by atoms with Crippen LogP contribution in [0.4, 0.5) is 0 Å². The number of ether oxygens (including phenoxy) is 3. The molecule has 6 heteroatoms. The van der Waals surface area contributed by atoms with Gasteiger partial charge < -0.3 is 19.3 Å². The number of benzene rings is 2. The van der Waals surface area contributed by atoms with Gasteiger partial charge in [0.2, 0.25) is 6.29 Å². The number of aliphatic hydroxyl groups excluding tert-OH is 1. The van der Waals surface area contributed by atoms with Gasteiger partial charge in [-0.15, -0.1) is 0 Å². The quantitative estimate of drug-likeness (QED) is 0.640. The zero-order valence-electron chi connectivity index (χ0n) is 13.7. The molecule has 0 aliphatic carbocycles. The summed E-state index contributed by atoms with van der Waals surface area (Å²) in [6, 6.07) is 11.3. The Labute approximate surface area is 144 Å². The minimum Gasteiger partial charge on any atom is -0.492 e. The van der Waals surface area contributed by atoms with Gasteiger partial charge in [-0.25, -0.2) is 4.79 Å². The number of hydrogen-bond acceptors (Lipinski definition) is 6. The maximum absolute atomic E-state index is 12.0. The van der Waals surface area contributed by atoms with E-state index in [1.807, 2.05) is 30.3 Å². The van der Waals surface area contributed by atoms with Crippen LogP contribution in [0.25, 0.3) is 0 Å². The summed E-state index contributed by atoms with van der Waals surface area (Å²) in [5.74, 6) is -0.135. The van der Waals surface area contributed by atoms with Crippen LogP contribution in [0.3, 0.4) is 0 Å². The predicted octanol–water partition coefficient (Wildman–Crippen LogP) is 2.16. The smallest absolute Gasteiger partial charge is 0.340 e. The topological polar surface area (TPSA) is 82.1 Å². The second-order valence-electron chi connectivity index (χ2n) is 5.61. The van der Waals surface area contributed by atoms with Gasteiger partial charge in [0.05, 0.1) is 24.8 Å². The Kier molecular flexibility index (Phi) is 5.00. The molecule has 0 bridgehead atoms. The normalized spacial score (nSPS) is 15.9. The molecule has 1 aliphatic heterocycles. The molecule has 130 valence electrons. The summed E-state index contributed by atoms with van der Waals surface area (Å²) in [6.45, 7) is 0.356. The lowest BCUT2D eigenvalue weighted by atomic mass is 9.95. The monoisotopic (exact) mass is 342 g/mol. The maximum Gasteiger partial charge on any atom is 0.340 e. The van der Waals surface area contributed by atoms with Crippen LogP contribution in [0.2, 0.25) is 0 Å². The van der Waals surface area contributed by atoms with Crippen molar-refractivity contribution in [1.29, 1.82) is 0 Å². The van der Waals surface area contributed by atoms with Gasteiger partial charge in [-0.05, 0) is 17.2 Å². The van der Waals surface area contributed by atoms with Crippen LogP contribution in [0, 0.1) is 0 Å². The van der Waals surface area contributed by atoms with Crippen LogP contribution in [0.5, 0.6) is 11.5 Å². The molecule has 0 saturated heterocycles. The first kappa shape index (κ1) is 17.0. The molecule has 0 fully saturated rings. The van der Waals surface area contributed by atoms with Crippen molar-refractivity contribution in [3.05, 3.63) is 58.7 Å². The molecule has 1 atom stereocenters. The minimum atomic E-state index is -1.27. The molecule has 2 aromatic carbocycles. The van der Waals surface area contributed by atoms with Crippen molar-refractivity contribution in [2.45, 2.75) is 19.1 Å². The number of carbonyl (C=O) groups excluding carboxylic acids is 2. The number of methoxy groups -OCH3 is 1. The third-order valence-corrected chi connectivity index (χ3v) is 4.05. The van der Waals surface area contributed by atoms with Gasteiger partial charge >= 0.3 is 5.97 Å². The van der Waals surface area contributed by atoms with Gasteiger partial charge in [0, 0.05) is 12.8 Å². The summed E-state index contributed by atoms with van der Waals surface area (Å²) in [5, 5.41) is 9.62. The molecule has 0 radical (unpaired) electrons. The van der Waals surface area contributed by atoms with E-state index < -0.39 is 12.3 Å². The van der Waals surface area contributed by atoms with Gasteiger partial charge in [-0.2, -0.15) is 0 Å². The summed E-state index contributed by atoms with van der Waals surface area (Å²) in [7, 11) is 1.43. The second kappa shape index (κ2) is 7.36. The molecule has 3 rings (SSSR count). The fourth-order valence-corrected chi connectivity index (χ4v) is 2.87. The Hall–Kier alpha value is -2.86. The van der Waals surface area contributed by atoms with Crippen molar-refractivity contribution in [3.8, 4) is 11.5 Å². The minimum absolute atomic E-state index is 0.0375. The number of esters is 1. The Bertz CT molecular complexity index is 784. The zero-order valence-corrected chi connectivity index (χ0v) is 13.7. The Balaban J connectivity index is 1.89. The Morgan fingerprint density at radius 3 is 2.76 bits per heavy atom. The van der Waals surface area contributed by atoms with Crippen LogP contribution < -0.4 is 9.47 Å². The lowest BCUT2D eigenvalue weighted by Crippen LogP contribution is -2.28. The van der Waals surface area contributed by atoms with Crippen molar-refractivity contribution in [2.24, 2.45) is 0 Å². The number of carbonyl (C=O) groups is 2. The molecule has 1 unspecified atom stereocenters. The first-order chi connectivity index (χ1) is 12.1. The van der Waals surface area contributed by atoms with Crippen LogP contribution in [0.1, 0.15) is 31.8 Å². The molecule has 25 heavy (non-hydrogen) atoms. The molecule has 1 heterocycles. The summed E-state index contributed by atoms with van der Waals surface area (Å²) in [6.07, 6.45) is 0.0389. The Morgan fingerprint density at radius 1 is 1.32 bits per heavy atom. The standard InChI is InChI=1S/C19H18O6/c1-23-18-15(11-20)13-10-17(21)25-19(22)14(13)9-16(18)24-8-7-12-5-3-2-4-6-12/h2-6,9,11,17,21H,7-8,10H2,1H3. The summed E-state index contributed by atoms with van der Waals surface area (Å²) >= 11 is 0. The van der Waals surface area contributed by atoms with E-state index in [-0.39, 0.29) is 23.3 Å². The number of hydrogen-bond donors (Lipinski definition) is 1. The molecule has 6 nitrogen and oxygen atoms in total. The summed E-state index contributed by atoms with van der Waals surface area (Å²) < 4.78 is 15.9. The fourth-order valence-electron chi connectivity index (χ4n) is 2.87. The third kappa shape index (κ3) is 3.49. The van der Waals surface area contributed by atoms with E-state index in [2.05, 4.69) is 0 Å². The first-order valence-corrected chi connectivity index (χ1v) is 7.89. The van der Waals surface area contributed by atoms with Gasteiger partial charge in [0.25, 0.3) is 0 Å². The highest BCUT2D eigenvalue weighted by molar-refractivity contribution is 5.97. The van der Waals surface area contributed by atoms with E-state index in [4.69, 9.17) is 14.2 Å². The summed E-state index contributed by atoms with van der Waals surface area (Å²) in [5.41, 5.74) is 1.93. The lowest BCUT2D eigenvalue weighted by molar-refractivity contribution is -0.0688. The van der Waals surface area contributed by atoms with Crippen LogP contribution in [-0.2, 0) is 17.6 Å². The average Bonchev–Trinajstić information content (AvgIpc) is 2.62. The van der Waals surface area contributed by atoms with E-state index >= 15 is 0 Å². The van der Waals surface area contributed by atoms with E-state index in [0.29, 0.717) is 30.6 Å². The molecular formula is C19H18O6. The lowest BCUT2D eigenvalue weighted by Gasteiger charge is -2.24. The van der Waals surface area contributed by atoms with E-state index in [1.54, 1.807) is 0 Å². The molecule has 1 N–H and O–H groups in total. The first-order valence-electron chi connectivity index (χ1n) is 7.89. The van der Waals surface area contributed by atoms with Crippen molar-refractivity contribution in [1.82, 2.24) is 0 Å². The third-order valence-electron chi connectivity index (χ3n) is 4.05. The van der Waals surface area contributed by atoms with Crippen LogP contribution in [-0.4, -0.2) is 37.4 Å².